The Balaban J connectivity index is 1.85. The van der Waals surface area contributed by atoms with Crippen molar-refractivity contribution >= 4 is 11.7 Å². The predicted octanol–water partition coefficient (Wildman–Crippen LogP) is 5.44. The predicted molar refractivity (Wildman–Crippen MR) is 117 cm³/mol. The van der Waals surface area contributed by atoms with Crippen LogP contribution in [-0.4, -0.2) is 10.9 Å². The minimum absolute atomic E-state index is 0.0831. The summed E-state index contributed by atoms with van der Waals surface area (Å²) in [5, 5.41) is 2.96. The van der Waals surface area contributed by atoms with Crippen molar-refractivity contribution in [2.75, 3.05) is 5.32 Å². The number of rotatable bonds is 6. The second-order valence-corrected chi connectivity index (χ2v) is 6.94. The first-order valence-electron chi connectivity index (χ1n) is 9.66. The lowest BCUT2D eigenvalue weighted by atomic mass is 9.67. The summed E-state index contributed by atoms with van der Waals surface area (Å²) in [6.45, 7) is 0. The molecule has 1 heterocycles. The Morgan fingerprint density at radius 3 is 1.52 bits per heavy atom. The lowest BCUT2D eigenvalue weighted by Gasteiger charge is -2.35. The van der Waals surface area contributed by atoms with Gasteiger partial charge in [-0.3, -0.25) is 4.79 Å². The maximum Gasteiger partial charge on any atom is 0.227 e. The summed E-state index contributed by atoms with van der Waals surface area (Å²) in [5.74, 6) is 0.473. The van der Waals surface area contributed by atoms with Crippen LogP contribution in [0.25, 0.3) is 0 Å². The first-order chi connectivity index (χ1) is 14.3. The van der Waals surface area contributed by atoms with Crippen LogP contribution < -0.4 is 5.32 Å². The highest BCUT2D eigenvalue weighted by Gasteiger charge is 2.38. The van der Waals surface area contributed by atoms with E-state index in [-0.39, 0.29) is 12.3 Å². The summed E-state index contributed by atoms with van der Waals surface area (Å²) < 4.78 is 0. The van der Waals surface area contributed by atoms with Gasteiger partial charge in [0.05, 0.1) is 5.41 Å². The van der Waals surface area contributed by atoms with E-state index >= 15 is 0 Å². The van der Waals surface area contributed by atoms with E-state index in [0.717, 1.165) is 16.7 Å². The Morgan fingerprint density at radius 2 is 1.10 bits per heavy atom. The first kappa shape index (κ1) is 18.6. The molecule has 1 aromatic heterocycles. The number of aromatic nitrogens is 1. The fraction of sp³-hybridized carbons (Fsp3) is 0.0769. The second kappa shape index (κ2) is 8.53. The molecule has 0 bridgehead atoms. The Hall–Kier alpha value is -3.72. The van der Waals surface area contributed by atoms with Gasteiger partial charge in [0, 0.05) is 12.6 Å². The standard InChI is InChI=1S/C26H22N2O/c29-25(28-24-18-10-11-19-27-24)20-26(21-12-4-1-5-13-21,22-14-6-2-7-15-22)23-16-8-3-9-17-23/h1-19H,20H2,(H,27,28,29). The third-order valence-corrected chi connectivity index (χ3v) is 5.16. The van der Waals surface area contributed by atoms with E-state index in [1.54, 1.807) is 12.3 Å². The average Bonchev–Trinajstić information content (AvgIpc) is 2.80. The molecule has 3 nitrogen and oxygen atoms in total. The molecular formula is C26H22N2O. The fourth-order valence-corrected chi connectivity index (χ4v) is 3.84. The molecular weight excluding hydrogens is 356 g/mol. The van der Waals surface area contributed by atoms with Gasteiger partial charge in [-0.15, -0.1) is 0 Å². The number of carbonyl (C=O) groups is 1. The molecule has 4 aromatic rings. The van der Waals surface area contributed by atoms with Gasteiger partial charge in [0.2, 0.25) is 5.91 Å². The van der Waals surface area contributed by atoms with Crippen LogP contribution in [0.4, 0.5) is 5.82 Å². The highest BCUT2D eigenvalue weighted by Crippen LogP contribution is 2.42. The zero-order valence-electron chi connectivity index (χ0n) is 16.0. The highest BCUT2D eigenvalue weighted by atomic mass is 16.1. The van der Waals surface area contributed by atoms with E-state index in [2.05, 4.69) is 46.7 Å². The van der Waals surface area contributed by atoms with Crippen molar-refractivity contribution in [2.45, 2.75) is 11.8 Å². The SMILES string of the molecule is O=C(CC(c1ccccc1)(c1ccccc1)c1ccccc1)Nc1ccccn1. The molecule has 0 saturated carbocycles. The molecule has 0 aliphatic rings. The maximum atomic E-state index is 13.2. The molecule has 142 valence electrons. The molecule has 0 atom stereocenters. The van der Waals surface area contributed by atoms with Crippen LogP contribution in [0, 0.1) is 0 Å². The molecule has 0 spiro atoms. The number of pyridine rings is 1. The van der Waals surface area contributed by atoms with Crippen LogP contribution in [0.1, 0.15) is 23.1 Å². The van der Waals surface area contributed by atoms with Crippen LogP contribution in [0.5, 0.6) is 0 Å². The quantitative estimate of drug-likeness (QED) is 0.454. The van der Waals surface area contributed by atoms with Gasteiger partial charge in [0.1, 0.15) is 5.82 Å². The van der Waals surface area contributed by atoms with Crippen LogP contribution >= 0.6 is 0 Å². The summed E-state index contributed by atoms with van der Waals surface area (Å²) in [6.07, 6.45) is 1.94. The van der Waals surface area contributed by atoms with Gasteiger partial charge in [-0.1, -0.05) is 97.1 Å². The molecule has 3 heteroatoms. The van der Waals surface area contributed by atoms with Crippen LogP contribution in [0.2, 0.25) is 0 Å². The topological polar surface area (TPSA) is 42.0 Å². The van der Waals surface area contributed by atoms with Crippen molar-refractivity contribution in [1.82, 2.24) is 4.98 Å². The number of hydrogen-bond acceptors (Lipinski definition) is 2. The van der Waals surface area contributed by atoms with E-state index < -0.39 is 5.41 Å². The maximum absolute atomic E-state index is 13.2. The van der Waals surface area contributed by atoms with Gasteiger partial charge in [-0.2, -0.15) is 0 Å². The van der Waals surface area contributed by atoms with Crippen molar-refractivity contribution in [2.24, 2.45) is 0 Å². The largest absolute Gasteiger partial charge is 0.311 e. The number of nitrogens with one attached hydrogen (secondary N) is 1. The molecule has 0 aliphatic carbocycles. The number of hydrogen-bond donors (Lipinski definition) is 1. The molecule has 0 fully saturated rings. The number of nitrogens with zero attached hydrogens (tertiary/aromatic N) is 1. The van der Waals surface area contributed by atoms with Gasteiger partial charge in [-0.25, -0.2) is 4.98 Å². The number of anilines is 1. The van der Waals surface area contributed by atoms with Gasteiger partial charge in [-0.05, 0) is 28.8 Å². The third-order valence-electron chi connectivity index (χ3n) is 5.16. The fourth-order valence-electron chi connectivity index (χ4n) is 3.84. The van der Waals surface area contributed by atoms with Gasteiger partial charge < -0.3 is 5.32 Å². The van der Waals surface area contributed by atoms with E-state index in [9.17, 15) is 4.79 Å². The van der Waals surface area contributed by atoms with E-state index in [0.29, 0.717) is 5.82 Å². The molecule has 1 N–H and O–H groups in total. The lowest BCUT2D eigenvalue weighted by molar-refractivity contribution is -0.116. The van der Waals surface area contributed by atoms with Crippen molar-refractivity contribution in [1.29, 1.82) is 0 Å². The first-order valence-corrected chi connectivity index (χ1v) is 9.66. The number of carbonyl (C=O) groups excluding carboxylic acids is 1. The molecule has 3 aromatic carbocycles. The Labute approximate surface area is 171 Å². The highest BCUT2D eigenvalue weighted by molar-refractivity contribution is 5.91. The molecule has 0 radical (unpaired) electrons. The monoisotopic (exact) mass is 378 g/mol. The third kappa shape index (κ3) is 3.94. The van der Waals surface area contributed by atoms with Crippen molar-refractivity contribution < 1.29 is 4.79 Å². The van der Waals surface area contributed by atoms with Crippen LogP contribution in [0.15, 0.2) is 115 Å². The van der Waals surface area contributed by atoms with Gasteiger partial charge in [0.25, 0.3) is 0 Å². The van der Waals surface area contributed by atoms with Crippen molar-refractivity contribution in [3.8, 4) is 0 Å². The summed E-state index contributed by atoms with van der Waals surface area (Å²) in [4.78, 5) is 17.4. The minimum Gasteiger partial charge on any atom is -0.311 e. The Kier molecular flexibility index (Phi) is 5.48. The normalized spacial score (nSPS) is 11.0. The molecule has 1 amide bonds. The smallest absolute Gasteiger partial charge is 0.227 e. The zero-order valence-corrected chi connectivity index (χ0v) is 16.0. The van der Waals surface area contributed by atoms with Crippen molar-refractivity contribution in [3.05, 3.63) is 132 Å². The molecule has 0 aliphatic heterocycles. The van der Waals surface area contributed by atoms with Crippen LogP contribution in [0.3, 0.4) is 0 Å². The Morgan fingerprint density at radius 1 is 0.655 bits per heavy atom. The Bertz CT molecular complexity index is 952. The summed E-state index contributed by atoms with van der Waals surface area (Å²) >= 11 is 0. The number of benzene rings is 3. The number of amides is 1. The second-order valence-electron chi connectivity index (χ2n) is 6.94. The van der Waals surface area contributed by atoms with Crippen LogP contribution in [-0.2, 0) is 10.2 Å². The summed E-state index contributed by atoms with van der Waals surface area (Å²) in [6, 6.07) is 36.2. The summed E-state index contributed by atoms with van der Waals surface area (Å²) in [7, 11) is 0. The van der Waals surface area contributed by atoms with E-state index in [1.807, 2.05) is 66.7 Å². The zero-order chi connectivity index (χ0) is 19.9. The lowest BCUT2D eigenvalue weighted by Crippen LogP contribution is -2.34. The van der Waals surface area contributed by atoms with E-state index in [1.165, 1.54) is 0 Å². The molecule has 0 unspecified atom stereocenters. The molecule has 29 heavy (non-hydrogen) atoms. The van der Waals surface area contributed by atoms with Crippen molar-refractivity contribution in [3.63, 3.8) is 0 Å². The molecule has 4 rings (SSSR count). The minimum atomic E-state index is -0.608. The average molecular weight is 378 g/mol. The summed E-state index contributed by atoms with van der Waals surface area (Å²) in [5.41, 5.74) is 2.62. The van der Waals surface area contributed by atoms with Gasteiger partial charge >= 0.3 is 0 Å². The van der Waals surface area contributed by atoms with Gasteiger partial charge in [0.15, 0.2) is 0 Å². The molecule has 0 saturated heterocycles. The van der Waals surface area contributed by atoms with E-state index in [4.69, 9.17) is 0 Å².